The third kappa shape index (κ3) is 3.36. The maximum absolute atomic E-state index is 12.3. The first-order chi connectivity index (χ1) is 11.4. The fourth-order valence-corrected chi connectivity index (χ4v) is 3.66. The molecule has 1 fully saturated rings. The maximum atomic E-state index is 12.3. The fraction of sp³-hybridized carbons (Fsp3) is 0.133. The second kappa shape index (κ2) is 6.54. The fourth-order valence-electron chi connectivity index (χ4n) is 1.97. The van der Waals surface area contributed by atoms with Crippen LogP contribution in [0.2, 0.25) is 0 Å². The predicted molar refractivity (Wildman–Crippen MR) is 95.4 cm³/mol. The van der Waals surface area contributed by atoms with Crippen molar-refractivity contribution in [3.05, 3.63) is 55.9 Å². The molecule has 1 amide bonds. The number of hydrogen-bond acceptors (Lipinski definition) is 7. The molecule has 9 heteroatoms. The first-order valence-electron chi connectivity index (χ1n) is 6.87. The summed E-state index contributed by atoms with van der Waals surface area (Å²) in [6, 6.07) is 6.04. The van der Waals surface area contributed by atoms with Crippen LogP contribution in [0.1, 0.15) is 11.3 Å². The summed E-state index contributed by atoms with van der Waals surface area (Å²) in [6.07, 6.45) is 1.70. The highest BCUT2D eigenvalue weighted by atomic mass is 32.2. The summed E-state index contributed by atoms with van der Waals surface area (Å²) in [5.74, 6) is -0.162. The molecular formula is C15H12N4O3S2. The molecule has 0 unspecified atom stereocenters. The Morgan fingerprint density at radius 1 is 1.33 bits per heavy atom. The average Bonchev–Trinajstić information content (AvgIpc) is 3.07. The van der Waals surface area contributed by atoms with Crippen LogP contribution in [0.5, 0.6) is 0 Å². The van der Waals surface area contributed by atoms with Crippen LogP contribution >= 0.6 is 23.1 Å². The molecule has 0 atom stereocenters. The Bertz CT molecular complexity index is 871. The van der Waals surface area contributed by atoms with E-state index in [4.69, 9.17) is 0 Å². The molecule has 1 aliphatic rings. The Labute approximate surface area is 145 Å². The van der Waals surface area contributed by atoms with Crippen molar-refractivity contribution in [3.63, 3.8) is 0 Å². The van der Waals surface area contributed by atoms with Gasteiger partial charge in [0.25, 0.3) is 11.6 Å². The van der Waals surface area contributed by atoms with Crippen LogP contribution in [0, 0.1) is 17.0 Å². The number of nitrogens with zero attached hydrogens (tertiary/aromatic N) is 4. The minimum Gasteiger partial charge on any atom is -0.289 e. The first-order valence-corrected chi connectivity index (χ1v) is 8.56. The molecule has 1 aromatic heterocycles. The third-order valence-corrected chi connectivity index (χ3v) is 5.12. The summed E-state index contributed by atoms with van der Waals surface area (Å²) in [5.41, 5.74) is 1.62. The van der Waals surface area contributed by atoms with Crippen LogP contribution in [0.4, 0.5) is 10.8 Å². The first kappa shape index (κ1) is 16.3. The summed E-state index contributed by atoms with van der Waals surface area (Å²) in [6.45, 7) is 1.89. The van der Waals surface area contributed by atoms with Crippen molar-refractivity contribution in [2.45, 2.75) is 6.92 Å². The molecule has 2 aromatic rings. The van der Waals surface area contributed by atoms with Gasteiger partial charge in [-0.25, -0.2) is 4.98 Å². The molecule has 0 N–H and O–H groups in total. The largest absolute Gasteiger partial charge is 0.289 e. The zero-order valence-corrected chi connectivity index (χ0v) is 14.4. The zero-order valence-electron chi connectivity index (χ0n) is 12.8. The molecule has 3 rings (SSSR count). The highest BCUT2D eigenvalue weighted by Crippen LogP contribution is 2.33. The van der Waals surface area contributed by atoms with E-state index in [0.29, 0.717) is 15.2 Å². The van der Waals surface area contributed by atoms with Gasteiger partial charge in [-0.2, -0.15) is 4.99 Å². The quantitative estimate of drug-likeness (QED) is 0.474. The Morgan fingerprint density at radius 3 is 2.62 bits per heavy atom. The van der Waals surface area contributed by atoms with E-state index in [1.54, 1.807) is 25.3 Å². The number of hydrogen-bond donors (Lipinski definition) is 0. The van der Waals surface area contributed by atoms with Crippen molar-refractivity contribution in [1.82, 2.24) is 9.88 Å². The normalized spacial score (nSPS) is 17.9. The average molecular weight is 360 g/mol. The van der Waals surface area contributed by atoms with Gasteiger partial charge in [0, 0.05) is 24.6 Å². The standard InChI is InChI=1S/C15H12N4O3S2/c1-9-8-23-14(16-9)17-15-18(2)13(20)12(24-15)7-10-3-5-11(6-4-10)19(21)22/h3-8H,1-2H3/b12-7-,17-15+. The number of rotatable bonds is 3. The van der Waals surface area contributed by atoms with E-state index in [1.165, 1.54) is 40.1 Å². The van der Waals surface area contributed by atoms with Gasteiger partial charge in [-0.15, -0.1) is 11.3 Å². The number of amides is 1. The second-order valence-electron chi connectivity index (χ2n) is 4.99. The lowest BCUT2D eigenvalue weighted by Gasteiger charge is -2.05. The van der Waals surface area contributed by atoms with Crippen LogP contribution < -0.4 is 0 Å². The number of amidine groups is 1. The lowest BCUT2D eigenvalue weighted by atomic mass is 10.2. The van der Waals surface area contributed by atoms with Crippen molar-refractivity contribution in [2.24, 2.45) is 4.99 Å². The van der Waals surface area contributed by atoms with Crippen molar-refractivity contribution >= 4 is 51.1 Å². The van der Waals surface area contributed by atoms with Crippen LogP contribution in [0.25, 0.3) is 6.08 Å². The van der Waals surface area contributed by atoms with Crippen molar-refractivity contribution in [3.8, 4) is 0 Å². The number of carbonyl (C=O) groups excluding carboxylic acids is 1. The molecule has 1 aromatic carbocycles. The monoisotopic (exact) mass is 360 g/mol. The molecular weight excluding hydrogens is 348 g/mol. The molecule has 2 heterocycles. The molecule has 24 heavy (non-hydrogen) atoms. The maximum Gasteiger partial charge on any atom is 0.269 e. The number of non-ortho nitro benzene ring substituents is 1. The molecule has 0 spiro atoms. The van der Waals surface area contributed by atoms with Gasteiger partial charge < -0.3 is 0 Å². The molecule has 122 valence electrons. The smallest absolute Gasteiger partial charge is 0.269 e. The van der Waals surface area contributed by atoms with Gasteiger partial charge >= 0.3 is 0 Å². The Balaban J connectivity index is 1.85. The molecule has 1 aliphatic heterocycles. The van der Waals surface area contributed by atoms with E-state index in [-0.39, 0.29) is 11.6 Å². The van der Waals surface area contributed by atoms with E-state index in [1.807, 2.05) is 12.3 Å². The van der Waals surface area contributed by atoms with E-state index < -0.39 is 4.92 Å². The van der Waals surface area contributed by atoms with E-state index >= 15 is 0 Å². The Kier molecular flexibility index (Phi) is 4.45. The lowest BCUT2D eigenvalue weighted by molar-refractivity contribution is -0.384. The van der Waals surface area contributed by atoms with Crippen molar-refractivity contribution in [1.29, 1.82) is 0 Å². The number of benzene rings is 1. The van der Waals surface area contributed by atoms with E-state index in [2.05, 4.69) is 9.98 Å². The number of nitro groups is 1. The predicted octanol–water partition coefficient (Wildman–Crippen LogP) is 3.59. The number of thiazole rings is 1. The minimum atomic E-state index is -0.457. The molecule has 0 bridgehead atoms. The SMILES string of the molecule is Cc1csc(/N=C2/S/C(=C\c3ccc([N+](=O)[O-])cc3)C(=O)N2C)n1. The van der Waals surface area contributed by atoms with Crippen LogP contribution in [0.3, 0.4) is 0 Å². The van der Waals surface area contributed by atoms with Gasteiger partial charge in [-0.05, 0) is 42.5 Å². The highest BCUT2D eigenvalue weighted by Gasteiger charge is 2.30. The number of thioether (sulfide) groups is 1. The summed E-state index contributed by atoms with van der Waals surface area (Å²) >= 11 is 2.67. The molecule has 7 nitrogen and oxygen atoms in total. The lowest BCUT2D eigenvalue weighted by Crippen LogP contribution is -2.23. The summed E-state index contributed by atoms with van der Waals surface area (Å²) < 4.78 is 0. The van der Waals surface area contributed by atoms with E-state index in [0.717, 1.165) is 11.3 Å². The second-order valence-corrected chi connectivity index (χ2v) is 6.83. The number of nitro benzene ring substituents is 1. The van der Waals surface area contributed by atoms with Crippen molar-refractivity contribution < 1.29 is 9.72 Å². The number of carbonyl (C=O) groups is 1. The van der Waals surface area contributed by atoms with Crippen LogP contribution in [-0.2, 0) is 4.79 Å². The van der Waals surface area contributed by atoms with Crippen molar-refractivity contribution in [2.75, 3.05) is 7.05 Å². The highest BCUT2D eigenvalue weighted by molar-refractivity contribution is 8.18. The van der Waals surface area contributed by atoms with Gasteiger partial charge in [0.1, 0.15) is 0 Å². The molecule has 0 aliphatic carbocycles. The number of aryl methyl sites for hydroxylation is 1. The minimum absolute atomic E-state index is 0.0149. The molecule has 0 saturated carbocycles. The van der Waals surface area contributed by atoms with Gasteiger partial charge in [0.2, 0.25) is 5.13 Å². The summed E-state index contributed by atoms with van der Waals surface area (Å²) in [7, 11) is 1.66. The Hall–Kier alpha value is -2.52. The van der Waals surface area contributed by atoms with E-state index in [9.17, 15) is 14.9 Å². The number of likely N-dealkylation sites (N-methyl/N-ethyl adjacent to an activating group) is 1. The van der Waals surface area contributed by atoms with Crippen LogP contribution in [-0.4, -0.2) is 32.9 Å². The van der Waals surface area contributed by atoms with Crippen LogP contribution in [0.15, 0.2) is 39.5 Å². The molecule has 0 radical (unpaired) electrons. The Morgan fingerprint density at radius 2 is 2.04 bits per heavy atom. The molecule has 1 saturated heterocycles. The number of aromatic nitrogens is 1. The van der Waals surface area contributed by atoms with Gasteiger partial charge in [0.15, 0.2) is 5.17 Å². The topological polar surface area (TPSA) is 88.7 Å². The summed E-state index contributed by atoms with van der Waals surface area (Å²) in [5, 5.41) is 13.7. The summed E-state index contributed by atoms with van der Waals surface area (Å²) in [4.78, 5) is 33.2. The zero-order chi connectivity index (χ0) is 17.3. The van der Waals surface area contributed by atoms with Gasteiger partial charge in [0.05, 0.1) is 15.5 Å². The number of aliphatic imine (C=N–C) groups is 1. The van der Waals surface area contributed by atoms with Gasteiger partial charge in [-0.3, -0.25) is 19.8 Å². The third-order valence-electron chi connectivity index (χ3n) is 3.20. The van der Waals surface area contributed by atoms with Gasteiger partial charge in [-0.1, -0.05) is 0 Å².